The Labute approximate surface area is 278 Å². The number of fused-ring (bicyclic) bond motifs is 4. The van der Waals surface area contributed by atoms with Gasteiger partial charge < -0.3 is 29.4 Å². The molecule has 0 radical (unpaired) electrons. The van der Waals surface area contributed by atoms with Crippen molar-refractivity contribution >= 4 is 33.8 Å². The Hall–Kier alpha value is -5.02. The number of likely N-dealkylation sites (tertiary alicyclic amines) is 1. The lowest BCUT2D eigenvalue weighted by Gasteiger charge is -2.34. The van der Waals surface area contributed by atoms with E-state index in [9.17, 15) is 10.1 Å². The van der Waals surface area contributed by atoms with Crippen molar-refractivity contribution in [2.45, 2.75) is 63.2 Å². The summed E-state index contributed by atoms with van der Waals surface area (Å²) in [4.78, 5) is 36.8. The average molecular weight is 643 g/mol. The number of carbonyl (C=O) groups excluding carboxylic acids is 1. The lowest BCUT2D eigenvalue weighted by molar-refractivity contribution is 0.0700. The third kappa shape index (κ3) is 4.71. The third-order valence-electron chi connectivity index (χ3n) is 11.0. The van der Waals surface area contributed by atoms with E-state index in [0.29, 0.717) is 29.7 Å². The van der Waals surface area contributed by atoms with Crippen molar-refractivity contribution in [1.82, 2.24) is 34.0 Å². The molecule has 6 heterocycles. The topological polar surface area (TPSA) is 144 Å². The van der Waals surface area contributed by atoms with Crippen molar-refractivity contribution in [1.29, 1.82) is 5.26 Å². The van der Waals surface area contributed by atoms with E-state index in [1.165, 1.54) is 12.8 Å². The van der Waals surface area contributed by atoms with Crippen LogP contribution in [0.1, 0.15) is 60.7 Å². The number of nitrogens with zero attached hydrogens (tertiary/aromatic N) is 9. The van der Waals surface area contributed by atoms with Gasteiger partial charge in [-0.2, -0.15) is 5.26 Å². The molecule has 3 atom stereocenters. The van der Waals surface area contributed by atoms with Crippen LogP contribution in [0.4, 0.5) is 5.82 Å². The number of carbonyl (C=O) groups is 1. The molecule has 9 rings (SSSR count). The van der Waals surface area contributed by atoms with Crippen LogP contribution in [0.15, 0.2) is 48.8 Å². The number of imidazole rings is 1. The second kappa shape index (κ2) is 11.3. The zero-order chi connectivity index (χ0) is 32.5. The first-order valence-corrected chi connectivity index (χ1v) is 17.1. The molecule has 2 N–H and O–H groups in total. The molecule has 1 amide bonds. The predicted octanol–water partition coefficient (Wildman–Crippen LogP) is 4.54. The lowest BCUT2D eigenvalue weighted by atomic mass is 10.0. The summed E-state index contributed by atoms with van der Waals surface area (Å²) in [6, 6.07) is 14.3. The van der Waals surface area contributed by atoms with Crippen LogP contribution >= 0.6 is 0 Å². The number of amides is 1. The van der Waals surface area contributed by atoms with E-state index >= 15 is 0 Å². The standard InChI is InChI=1S/C36H38N10O2/c1-48-29-17-24(36(47)45-20-23-6-7-27(45)32(23)38)15-26-33(29)46(25-9-13-43(14-10-25)31-8-12-39-30(18-37)42-31)35(41-26)28-16-22-3-2-11-40-34(22)44(28)19-21-4-5-21/h2-3,8,11-12,15-17,21,23,25,27,32H,4-7,9-10,13-14,19-20,38H2,1H3/t23?,27?,32-/m1/s1. The molecule has 48 heavy (non-hydrogen) atoms. The molecule has 5 aromatic rings. The third-order valence-corrected chi connectivity index (χ3v) is 11.0. The fourth-order valence-corrected chi connectivity index (χ4v) is 8.41. The maximum absolute atomic E-state index is 14.0. The van der Waals surface area contributed by atoms with Crippen molar-refractivity contribution in [2.24, 2.45) is 17.6 Å². The van der Waals surface area contributed by atoms with Crippen LogP contribution < -0.4 is 15.4 Å². The molecule has 4 fully saturated rings. The fraction of sp³-hybridized carbons (Fsp3) is 0.444. The maximum atomic E-state index is 14.0. The summed E-state index contributed by atoms with van der Waals surface area (Å²) < 4.78 is 10.8. The number of methoxy groups -OCH3 is 1. The molecule has 2 aliphatic heterocycles. The van der Waals surface area contributed by atoms with E-state index < -0.39 is 0 Å². The Kier molecular flexibility index (Phi) is 6.86. The number of aromatic nitrogens is 6. The molecule has 2 unspecified atom stereocenters. The van der Waals surface area contributed by atoms with Crippen LogP contribution in [-0.4, -0.2) is 78.7 Å². The molecule has 0 spiro atoms. The van der Waals surface area contributed by atoms with Crippen molar-refractivity contribution in [2.75, 3.05) is 31.6 Å². The molecule has 4 aromatic heterocycles. The van der Waals surface area contributed by atoms with Crippen LogP contribution in [0, 0.1) is 23.2 Å². The first-order valence-electron chi connectivity index (χ1n) is 17.1. The molecule has 12 heteroatoms. The first-order chi connectivity index (χ1) is 23.5. The van der Waals surface area contributed by atoms with Crippen molar-refractivity contribution in [3.63, 3.8) is 0 Å². The summed E-state index contributed by atoms with van der Waals surface area (Å²) in [5.41, 5.74) is 10.7. The van der Waals surface area contributed by atoms with E-state index in [1.807, 2.05) is 35.4 Å². The molecule has 2 saturated carbocycles. The number of anilines is 1. The molecular formula is C36H38N10O2. The summed E-state index contributed by atoms with van der Waals surface area (Å²) in [5, 5.41) is 10.4. The number of benzene rings is 1. The van der Waals surface area contributed by atoms with Crippen molar-refractivity contribution < 1.29 is 9.53 Å². The fourth-order valence-electron chi connectivity index (χ4n) is 8.41. The summed E-state index contributed by atoms with van der Waals surface area (Å²) in [7, 11) is 1.67. The number of hydrogen-bond donors (Lipinski definition) is 1. The largest absolute Gasteiger partial charge is 0.494 e. The van der Waals surface area contributed by atoms with Gasteiger partial charge in [-0.1, -0.05) is 0 Å². The van der Waals surface area contributed by atoms with Gasteiger partial charge in [0.25, 0.3) is 5.91 Å². The molecule has 2 aliphatic carbocycles. The second-order valence-corrected chi connectivity index (χ2v) is 13.9. The van der Waals surface area contributed by atoms with Gasteiger partial charge in [0.05, 0.1) is 18.3 Å². The van der Waals surface area contributed by atoms with Crippen molar-refractivity contribution in [3.8, 4) is 23.3 Å². The van der Waals surface area contributed by atoms with Crippen LogP contribution in [0.5, 0.6) is 5.75 Å². The van der Waals surface area contributed by atoms with E-state index in [0.717, 1.165) is 84.7 Å². The Morgan fingerprint density at radius 1 is 1.04 bits per heavy atom. The highest BCUT2D eigenvalue weighted by atomic mass is 16.5. The Bertz CT molecular complexity index is 2100. The van der Waals surface area contributed by atoms with Gasteiger partial charge in [-0.3, -0.25) is 4.79 Å². The van der Waals surface area contributed by atoms with Crippen molar-refractivity contribution in [3.05, 3.63) is 60.2 Å². The summed E-state index contributed by atoms with van der Waals surface area (Å²) in [6.07, 6.45) is 9.67. The number of rotatable bonds is 7. The Balaban J connectivity index is 1.16. The first kappa shape index (κ1) is 29.1. The van der Waals surface area contributed by atoms with Gasteiger partial charge in [0.2, 0.25) is 5.82 Å². The summed E-state index contributed by atoms with van der Waals surface area (Å²) in [6.45, 7) is 3.12. The number of pyridine rings is 1. The number of nitrogens with two attached hydrogens (primary N) is 1. The zero-order valence-electron chi connectivity index (χ0n) is 27.0. The van der Waals surface area contributed by atoms with Gasteiger partial charge in [-0.05, 0) is 86.8 Å². The average Bonchev–Trinajstić information content (AvgIpc) is 3.46. The SMILES string of the molecule is COc1cc(C(=O)N2CC3CCC2[C@@H]3N)cc2nc(-c3cc4cccnc4n3CC3CC3)n(C3CCN(c4ccnc(C#N)n4)CC3)c12. The van der Waals surface area contributed by atoms with Crippen LogP contribution in [0.3, 0.4) is 0 Å². The quantitative estimate of drug-likeness (QED) is 0.271. The number of nitriles is 1. The predicted molar refractivity (Wildman–Crippen MR) is 180 cm³/mol. The van der Waals surface area contributed by atoms with E-state index in [2.05, 4.69) is 42.2 Å². The van der Waals surface area contributed by atoms with Crippen LogP contribution in [0.2, 0.25) is 0 Å². The van der Waals surface area contributed by atoms with E-state index in [1.54, 1.807) is 13.3 Å². The molecule has 2 saturated heterocycles. The Morgan fingerprint density at radius 2 is 1.90 bits per heavy atom. The Morgan fingerprint density at radius 3 is 2.62 bits per heavy atom. The lowest BCUT2D eigenvalue weighted by Crippen LogP contribution is -2.41. The second-order valence-electron chi connectivity index (χ2n) is 13.9. The number of piperidine rings is 2. The molecule has 2 bridgehead atoms. The molecular weight excluding hydrogens is 604 g/mol. The number of ether oxygens (including phenoxy) is 1. The molecule has 1 aromatic carbocycles. The van der Waals surface area contributed by atoms with Gasteiger partial charge in [0.15, 0.2) is 5.82 Å². The maximum Gasteiger partial charge on any atom is 0.254 e. The minimum absolute atomic E-state index is 0.00380. The minimum Gasteiger partial charge on any atom is -0.494 e. The minimum atomic E-state index is -0.00380. The highest BCUT2D eigenvalue weighted by Gasteiger charge is 2.47. The van der Waals surface area contributed by atoms with E-state index in [-0.39, 0.29) is 29.9 Å². The highest BCUT2D eigenvalue weighted by molar-refractivity contribution is 6.00. The van der Waals surface area contributed by atoms with E-state index in [4.69, 9.17) is 20.4 Å². The highest BCUT2D eigenvalue weighted by Crippen LogP contribution is 2.42. The molecule has 244 valence electrons. The zero-order valence-corrected chi connectivity index (χ0v) is 27.0. The normalized spacial score (nSPS) is 22.6. The van der Waals surface area contributed by atoms with Gasteiger partial charge in [0, 0.05) is 67.6 Å². The van der Waals surface area contributed by atoms with Crippen LogP contribution in [-0.2, 0) is 6.54 Å². The molecule has 12 nitrogen and oxygen atoms in total. The van der Waals surface area contributed by atoms with Gasteiger partial charge in [0.1, 0.15) is 28.8 Å². The molecule has 4 aliphatic rings. The summed E-state index contributed by atoms with van der Waals surface area (Å²) >= 11 is 0. The van der Waals surface area contributed by atoms with Gasteiger partial charge in [-0.15, -0.1) is 0 Å². The number of hydrogen-bond acceptors (Lipinski definition) is 9. The smallest absolute Gasteiger partial charge is 0.254 e. The van der Waals surface area contributed by atoms with Crippen LogP contribution in [0.25, 0.3) is 33.6 Å². The van der Waals surface area contributed by atoms with Gasteiger partial charge >= 0.3 is 0 Å². The van der Waals surface area contributed by atoms with Gasteiger partial charge in [-0.25, -0.2) is 19.9 Å². The monoisotopic (exact) mass is 642 g/mol. The summed E-state index contributed by atoms with van der Waals surface area (Å²) in [5.74, 6) is 3.45.